The van der Waals surface area contributed by atoms with Gasteiger partial charge in [-0.05, 0) is 25.1 Å². The molecule has 0 fully saturated rings. The number of amides is 1. The largest absolute Gasteiger partial charge is 0.467 e. The zero-order chi connectivity index (χ0) is 14.7. The Kier molecular flexibility index (Phi) is 3.99. The van der Waals surface area contributed by atoms with Gasteiger partial charge in [0.1, 0.15) is 0 Å². The Labute approximate surface area is 115 Å². The number of primary amides is 1. The molecule has 0 saturated carbocycles. The molecule has 1 aromatic heterocycles. The fourth-order valence-electron chi connectivity index (χ4n) is 1.76. The third kappa shape index (κ3) is 2.77. The van der Waals surface area contributed by atoms with E-state index < -0.39 is 18.0 Å². The van der Waals surface area contributed by atoms with Crippen molar-refractivity contribution in [1.29, 1.82) is 0 Å². The Hall–Kier alpha value is -2.41. The summed E-state index contributed by atoms with van der Waals surface area (Å²) in [6.45, 7) is 1.88. The molecule has 2 heterocycles. The smallest absolute Gasteiger partial charge is 0.341 e. The first-order chi connectivity index (χ1) is 9.52. The summed E-state index contributed by atoms with van der Waals surface area (Å²) in [4.78, 5) is 32.1. The summed E-state index contributed by atoms with van der Waals surface area (Å²) in [5.41, 5.74) is 5.46. The molecule has 0 radical (unpaired) electrons. The highest BCUT2D eigenvalue weighted by Crippen LogP contribution is 2.21. The molecule has 2 rings (SSSR count). The highest BCUT2D eigenvalue weighted by molar-refractivity contribution is 5.92. The number of methoxy groups -OCH3 is 1. The van der Waals surface area contributed by atoms with Gasteiger partial charge in [-0.15, -0.1) is 0 Å². The number of pyridine rings is 1. The molecule has 1 amide bonds. The molecule has 106 valence electrons. The quantitative estimate of drug-likeness (QED) is 0.635. The van der Waals surface area contributed by atoms with Crippen LogP contribution in [-0.2, 0) is 14.4 Å². The zero-order valence-corrected chi connectivity index (χ0v) is 11.1. The van der Waals surface area contributed by atoms with Crippen LogP contribution in [0.15, 0.2) is 30.5 Å². The Bertz CT molecular complexity index is 541. The summed E-state index contributed by atoms with van der Waals surface area (Å²) in [6, 6.07) is 3.04. The van der Waals surface area contributed by atoms with Gasteiger partial charge in [0.2, 0.25) is 12.0 Å². The van der Waals surface area contributed by atoms with Crippen LogP contribution in [0.1, 0.15) is 17.3 Å². The van der Waals surface area contributed by atoms with E-state index in [2.05, 4.69) is 9.72 Å². The van der Waals surface area contributed by atoms with Gasteiger partial charge in [-0.25, -0.2) is 14.8 Å². The second-order valence-electron chi connectivity index (χ2n) is 4.27. The first kappa shape index (κ1) is 14.0. The number of ether oxygens (including phenoxy) is 1. The fourth-order valence-corrected chi connectivity index (χ4v) is 1.76. The molecule has 1 aromatic rings. The maximum Gasteiger partial charge on any atom is 0.341 e. The number of carbonyl (C=O) groups excluding carboxylic acids is 2. The standard InChI is InChI=1S/C13H15N3O4/c1-8-3-5-10(13(18)19-2)20-16(8)11-6-4-9(7-15-11)12(14)17/h3-8,10H,1-2H3,(H2,14,17). The van der Waals surface area contributed by atoms with Crippen LogP contribution in [-0.4, -0.2) is 36.1 Å². The van der Waals surface area contributed by atoms with Crippen LogP contribution in [0.5, 0.6) is 0 Å². The minimum atomic E-state index is -0.811. The van der Waals surface area contributed by atoms with Crippen molar-refractivity contribution in [3.63, 3.8) is 0 Å². The van der Waals surface area contributed by atoms with Gasteiger partial charge in [-0.1, -0.05) is 6.08 Å². The van der Waals surface area contributed by atoms with Gasteiger partial charge in [0, 0.05) is 6.20 Å². The topological polar surface area (TPSA) is 94.8 Å². The maximum atomic E-state index is 11.5. The van der Waals surface area contributed by atoms with Gasteiger partial charge in [0.25, 0.3) is 0 Å². The summed E-state index contributed by atoms with van der Waals surface area (Å²) in [5, 5.41) is 1.48. The van der Waals surface area contributed by atoms with E-state index in [1.54, 1.807) is 18.2 Å². The van der Waals surface area contributed by atoms with Gasteiger partial charge in [-0.3, -0.25) is 9.63 Å². The lowest BCUT2D eigenvalue weighted by Gasteiger charge is -2.32. The lowest BCUT2D eigenvalue weighted by molar-refractivity contribution is -0.152. The van der Waals surface area contributed by atoms with E-state index >= 15 is 0 Å². The molecular weight excluding hydrogens is 262 g/mol. The van der Waals surface area contributed by atoms with Crippen molar-refractivity contribution >= 4 is 17.7 Å². The molecule has 7 heteroatoms. The first-order valence-electron chi connectivity index (χ1n) is 6.01. The van der Waals surface area contributed by atoms with Gasteiger partial charge in [-0.2, -0.15) is 0 Å². The number of hydrogen-bond acceptors (Lipinski definition) is 6. The molecular formula is C13H15N3O4. The van der Waals surface area contributed by atoms with Crippen LogP contribution in [0, 0.1) is 0 Å². The third-order valence-electron chi connectivity index (χ3n) is 2.85. The predicted molar refractivity (Wildman–Crippen MR) is 70.7 cm³/mol. The molecule has 0 aliphatic carbocycles. The van der Waals surface area contributed by atoms with Crippen LogP contribution in [0.4, 0.5) is 5.82 Å². The minimum Gasteiger partial charge on any atom is -0.467 e. The van der Waals surface area contributed by atoms with E-state index in [9.17, 15) is 9.59 Å². The van der Waals surface area contributed by atoms with E-state index in [1.165, 1.54) is 18.4 Å². The number of esters is 1. The monoisotopic (exact) mass is 277 g/mol. The first-order valence-corrected chi connectivity index (χ1v) is 6.01. The van der Waals surface area contributed by atoms with Crippen LogP contribution in [0.3, 0.4) is 0 Å². The number of hydrogen-bond donors (Lipinski definition) is 1. The number of nitrogens with two attached hydrogens (primary N) is 1. The van der Waals surface area contributed by atoms with Crippen LogP contribution >= 0.6 is 0 Å². The maximum absolute atomic E-state index is 11.5. The average Bonchev–Trinajstić information content (AvgIpc) is 2.47. The summed E-state index contributed by atoms with van der Waals surface area (Å²) in [6.07, 6.45) is 3.99. The van der Waals surface area contributed by atoms with E-state index in [-0.39, 0.29) is 6.04 Å². The van der Waals surface area contributed by atoms with E-state index in [0.29, 0.717) is 11.4 Å². The summed E-state index contributed by atoms with van der Waals surface area (Å²) in [5.74, 6) is -0.573. The Morgan fingerprint density at radius 2 is 2.15 bits per heavy atom. The predicted octanol–water partition coefficient (Wildman–Crippen LogP) is 0.418. The molecule has 0 saturated heterocycles. The summed E-state index contributed by atoms with van der Waals surface area (Å²) in [7, 11) is 1.29. The minimum absolute atomic E-state index is 0.108. The third-order valence-corrected chi connectivity index (χ3v) is 2.85. The molecule has 0 aromatic carbocycles. The number of rotatable bonds is 3. The fraction of sp³-hybridized carbons (Fsp3) is 0.308. The van der Waals surface area contributed by atoms with Crippen LogP contribution in [0.2, 0.25) is 0 Å². The van der Waals surface area contributed by atoms with Gasteiger partial charge in [0.05, 0.1) is 18.7 Å². The molecule has 0 bridgehead atoms. The number of aromatic nitrogens is 1. The average molecular weight is 277 g/mol. The second-order valence-corrected chi connectivity index (χ2v) is 4.27. The van der Waals surface area contributed by atoms with E-state index in [0.717, 1.165) is 0 Å². The molecule has 1 aliphatic heterocycles. The van der Waals surface area contributed by atoms with Crippen LogP contribution < -0.4 is 10.8 Å². The van der Waals surface area contributed by atoms with Crippen molar-refractivity contribution in [2.45, 2.75) is 19.1 Å². The summed E-state index contributed by atoms with van der Waals surface area (Å²) < 4.78 is 4.64. The summed E-state index contributed by atoms with van der Waals surface area (Å²) >= 11 is 0. The van der Waals surface area contributed by atoms with E-state index in [4.69, 9.17) is 10.6 Å². The van der Waals surface area contributed by atoms with Crippen molar-refractivity contribution in [2.24, 2.45) is 5.73 Å². The SMILES string of the molecule is COC(=O)C1C=CC(C)N(c2ccc(C(N)=O)cn2)O1. The lowest BCUT2D eigenvalue weighted by atomic mass is 10.2. The number of hydroxylamine groups is 1. The van der Waals surface area contributed by atoms with Crippen molar-refractivity contribution in [3.05, 3.63) is 36.0 Å². The Morgan fingerprint density at radius 3 is 2.70 bits per heavy atom. The Balaban J connectivity index is 2.21. The second kappa shape index (κ2) is 5.70. The normalized spacial score (nSPS) is 21.6. The molecule has 7 nitrogen and oxygen atoms in total. The highest BCUT2D eigenvalue weighted by atomic mass is 16.7. The van der Waals surface area contributed by atoms with E-state index in [1.807, 2.05) is 13.0 Å². The molecule has 20 heavy (non-hydrogen) atoms. The van der Waals surface area contributed by atoms with Crippen molar-refractivity contribution in [3.8, 4) is 0 Å². The zero-order valence-electron chi connectivity index (χ0n) is 11.1. The van der Waals surface area contributed by atoms with Crippen LogP contribution in [0.25, 0.3) is 0 Å². The van der Waals surface area contributed by atoms with Gasteiger partial charge >= 0.3 is 5.97 Å². The molecule has 2 atom stereocenters. The van der Waals surface area contributed by atoms with Gasteiger partial charge < -0.3 is 10.5 Å². The molecule has 1 aliphatic rings. The Morgan fingerprint density at radius 1 is 1.40 bits per heavy atom. The molecule has 0 spiro atoms. The lowest BCUT2D eigenvalue weighted by Crippen LogP contribution is -2.42. The van der Waals surface area contributed by atoms with Crippen molar-refractivity contribution in [2.75, 3.05) is 12.2 Å². The number of nitrogens with zero attached hydrogens (tertiary/aromatic N) is 2. The van der Waals surface area contributed by atoms with Crippen molar-refractivity contribution in [1.82, 2.24) is 4.98 Å². The number of anilines is 1. The molecule has 2 unspecified atom stereocenters. The number of carbonyl (C=O) groups is 2. The molecule has 2 N–H and O–H groups in total. The highest BCUT2D eigenvalue weighted by Gasteiger charge is 2.28. The van der Waals surface area contributed by atoms with Crippen molar-refractivity contribution < 1.29 is 19.2 Å². The van der Waals surface area contributed by atoms with Gasteiger partial charge in [0.15, 0.2) is 5.82 Å².